The van der Waals surface area contributed by atoms with Crippen LogP contribution >= 0.6 is 11.6 Å². The second-order valence-corrected chi connectivity index (χ2v) is 8.75. The van der Waals surface area contributed by atoms with Crippen LogP contribution in [-0.2, 0) is 26.2 Å². The van der Waals surface area contributed by atoms with Gasteiger partial charge in [-0.2, -0.15) is 5.10 Å². The summed E-state index contributed by atoms with van der Waals surface area (Å²) in [5, 5.41) is 6.31. The Bertz CT molecular complexity index is 1250. The van der Waals surface area contributed by atoms with E-state index in [1.54, 1.807) is 42.5 Å². The van der Waals surface area contributed by atoms with Crippen LogP contribution in [0.15, 0.2) is 75.1 Å². The Morgan fingerprint density at radius 2 is 1.75 bits per heavy atom. The molecule has 0 aliphatic heterocycles. The quantitative estimate of drug-likeness (QED) is 0.275. The first-order valence-corrected chi connectivity index (χ1v) is 11.1. The predicted molar refractivity (Wildman–Crippen MR) is 120 cm³/mol. The zero-order valence-electron chi connectivity index (χ0n) is 16.8. The molecule has 0 aliphatic rings. The lowest BCUT2D eigenvalue weighted by Gasteiger charge is -2.05. The highest BCUT2D eigenvalue weighted by Gasteiger charge is 2.15. The number of aryl methyl sites for hydroxylation is 1. The summed E-state index contributed by atoms with van der Waals surface area (Å²) in [4.78, 5) is 23.9. The van der Waals surface area contributed by atoms with Crippen molar-refractivity contribution < 1.29 is 22.4 Å². The standard InChI is InChI=1S/C21H19ClN4O5S/c1-14-6-10-17(11-7-14)32(29,30)24-13-16-9-8-15(31-16)12-23-26-21(28)20(27)25-19-5-3-2-4-18(19)22/h2-12,24H,13H2,1H3,(H,25,27)(H,26,28)/b23-12+. The van der Waals surface area contributed by atoms with Gasteiger partial charge < -0.3 is 9.73 Å². The summed E-state index contributed by atoms with van der Waals surface area (Å²) in [7, 11) is -3.69. The lowest BCUT2D eigenvalue weighted by Crippen LogP contribution is -2.32. The van der Waals surface area contributed by atoms with Crippen molar-refractivity contribution in [2.24, 2.45) is 5.10 Å². The van der Waals surface area contributed by atoms with Gasteiger partial charge in [0.15, 0.2) is 0 Å². The maximum Gasteiger partial charge on any atom is 0.329 e. The first-order valence-electron chi connectivity index (χ1n) is 9.28. The van der Waals surface area contributed by atoms with Crippen LogP contribution in [0.25, 0.3) is 0 Å². The normalized spacial score (nSPS) is 11.4. The summed E-state index contributed by atoms with van der Waals surface area (Å²) in [6.07, 6.45) is 1.18. The van der Waals surface area contributed by atoms with E-state index >= 15 is 0 Å². The van der Waals surface area contributed by atoms with Gasteiger partial charge in [-0.3, -0.25) is 9.59 Å². The smallest absolute Gasteiger partial charge is 0.329 e. The molecule has 0 spiro atoms. The molecule has 2 aromatic carbocycles. The number of rotatable bonds is 7. The van der Waals surface area contributed by atoms with Crippen molar-refractivity contribution in [2.45, 2.75) is 18.4 Å². The SMILES string of the molecule is Cc1ccc(S(=O)(=O)NCc2ccc(/C=N/NC(=O)C(=O)Nc3ccccc3Cl)o2)cc1. The van der Waals surface area contributed by atoms with Crippen LogP contribution in [0.3, 0.4) is 0 Å². The van der Waals surface area contributed by atoms with E-state index in [1.807, 2.05) is 6.92 Å². The molecular weight excluding hydrogens is 456 g/mol. The average Bonchev–Trinajstić information content (AvgIpc) is 3.22. The first kappa shape index (κ1) is 23.2. The van der Waals surface area contributed by atoms with Crippen LogP contribution in [0.2, 0.25) is 5.02 Å². The number of hydrogen-bond donors (Lipinski definition) is 3. The molecule has 0 radical (unpaired) electrons. The van der Waals surface area contributed by atoms with Crippen LogP contribution in [0.5, 0.6) is 0 Å². The number of sulfonamides is 1. The third kappa shape index (κ3) is 6.27. The van der Waals surface area contributed by atoms with Crippen LogP contribution in [0.4, 0.5) is 5.69 Å². The Morgan fingerprint density at radius 3 is 2.47 bits per heavy atom. The van der Waals surface area contributed by atoms with Gasteiger partial charge in [0.2, 0.25) is 10.0 Å². The number of benzene rings is 2. The molecule has 0 bridgehead atoms. The van der Waals surface area contributed by atoms with E-state index in [-0.39, 0.29) is 17.2 Å². The summed E-state index contributed by atoms with van der Waals surface area (Å²) in [6, 6.07) is 16.0. The van der Waals surface area contributed by atoms with Crippen molar-refractivity contribution in [3.05, 3.63) is 82.8 Å². The number of para-hydroxylation sites is 1. The van der Waals surface area contributed by atoms with Gasteiger partial charge in [-0.15, -0.1) is 0 Å². The fourth-order valence-electron chi connectivity index (χ4n) is 2.47. The number of furan rings is 1. The third-order valence-corrected chi connectivity index (χ3v) is 5.88. The van der Waals surface area contributed by atoms with Gasteiger partial charge in [0.1, 0.15) is 11.5 Å². The molecule has 0 saturated carbocycles. The molecule has 3 aromatic rings. The number of halogens is 1. The Balaban J connectivity index is 1.51. The van der Waals surface area contributed by atoms with Crippen molar-refractivity contribution in [1.82, 2.24) is 10.1 Å². The summed E-state index contributed by atoms with van der Waals surface area (Å²) in [5.74, 6) is -1.36. The first-order chi connectivity index (χ1) is 15.2. The maximum absolute atomic E-state index is 12.3. The molecule has 32 heavy (non-hydrogen) atoms. The molecule has 9 nitrogen and oxygen atoms in total. The molecule has 0 saturated heterocycles. The minimum Gasteiger partial charge on any atom is -0.459 e. The van der Waals surface area contributed by atoms with E-state index < -0.39 is 21.8 Å². The molecule has 11 heteroatoms. The highest BCUT2D eigenvalue weighted by atomic mass is 35.5. The van der Waals surface area contributed by atoms with Crippen molar-refractivity contribution >= 4 is 45.3 Å². The minimum atomic E-state index is -3.69. The predicted octanol–water partition coefficient (Wildman–Crippen LogP) is 2.81. The maximum atomic E-state index is 12.3. The number of anilines is 1. The van der Waals surface area contributed by atoms with Gasteiger partial charge >= 0.3 is 11.8 Å². The van der Waals surface area contributed by atoms with Gasteiger partial charge in [0.05, 0.1) is 28.4 Å². The highest BCUT2D eigenvalue weighted by Crippen LogP contribution is 2.20. The summed E-state index contributed by atoms with van der Waals surface area (Å²) < 4.78 is 32.5. The second kappa shape index (κ2) is 10.2. The minimum absolute atomic E-state index is 0.0728. The van der Waals surface area contributed by atoms with E-state index in [0.717, 1.165) is 5.56 Å². The molecule has 166 valence electrons. The molecule has 2 amide bonds. The highest BCUT2D eigenvalue weighted by molar-refractivity contribution is 7.89. The fourth-order valence-corrected chi connectivity index (χ4v) is 3.65. The number of hydrazone groups is 1. The number of amides is 2. The topological polar surface area (TPSA) is 130 Å². The monoisotopic (exact) mass is 474 g/mol. The Hall–Kier alpha value is -3.47. The van der Waals surface area contributed by atoms with E-state index in [1.165, 1.54) is 24.4 Å². The molecule has 0 fully saturated rings. The lowest BCUT2D eigenvalue weighted by molar-refractivity contribution is -0.136. The molecule has 0 aliphatic carbocycles. The number of carbonyl (C=O) groups is 2. The molecular formula is C21H19ClN4O5S. The van der Waals surface area contributed by atoms with Gasteiger partial charge in [0.25, 0.3) is 0 Å². The molecule has 1 heterocycles. The lowest BCUT2D eigenvalue weighted by atomic mass is 10.2. The van der Waals surface area contributed by atoms with E-state index in [2.05, 4.69) is 20.6 Å². The zero-order valence-corrected chi connectivity index (χ0v) is 18.4. The number of nitrogens with zero attached hydrogens (tertiary/aromatic N) is 1. The van der Waals surface area contributed by atoms with Gasteiger partial charge in [-0.05, 0) is 43.3 Å². The molecule has 0 atom stereocenters. The van der Waals surface area contributed by atoms with Crippen molar-refractivity contribution in [3.8, 4) is 0 Å². The van der Waals surface area contributed by atoms with E-state index in [4.69, 9.17) is 16.0 Å². The van der Waals surface area contributed by atoms with Gasteiger partial charge in [0, 0.05) is 0 Å². The van der Waals surface area contributed by atoms with E-state index in [9.17, 15) is 18.0 Å². The van der Waals surface area contributed by atoms with E-state index in [0.29, 0.717) is 16.5 Å². The number of nitrogens with one attached hydrogen (secondary N) is 3. The molecule has 3 N–H and O–H groups in total. The fraction of sp³-hybridized carbons (Fsp3) is 0.0952. The summed E-state index contributed by atoms with van der Waals surface area (Å²) >= 11 is 5.92. The summed E-state index contributed by atoms with van der Waals surface area (Å²) in [6.45, 7) is 1.79. The van der Waals surface area contributed by atoms with Crippen molar-refractivity contribution in [1.29, 1.82) is 0 Å². The molecule has 3 rings (SSSR count). The number of carbonyl (C=O) groups excluding carboxylic acids is 2. The van der Waals surface area contributed by atoms with Gasteiger partial charge in [-0.1, -0.05) is 41.4 Å². The van der Waals surface area contributed by atoms with Crippen molar-refractivity contribution in [2.75, 3.05) is 5.32 Å². The van der Waals surface area contributed by atoms with Crippen molar-refractivity contribution in [3.63, 3.8) is 0 Å². The van der Waals surface area contributed by atoms with Crippen LogP contribution in [0, 0.1) is 6.92 Å². The second-order valence-electron chi connectivity index (χ2n) is 6.57. The Kier molecular flexibility index (Phi) is 7.41. The van der Waals surface area contributed by atoms with Crippen LogP contribution in [-0.4, -0.2) is 26.4 Å². The zero-order chi connectivity index (χ0) is 23.1. The Morgan fingerprint density at radius 1 is 1.03 bits per heavy atom. The third-order valence-electron chi connectivity index (χ3n) is 4.14. The molecule has 1 aromatic heterocycles. The van der Waals surface area contributed by atoms with Gasteiger partial charge in [-0.25, -0.2) is 18.6 Å². The number of hydrogen-bond acceptors (Lipinski definition) is 6. The Labute approximate surface area is 189 Å². The average molecular weight is 475 g/mol. The van der Waals surface area contributed by atoms with Crippen LogP contribution in [0.1, 0.15) is 17.1 Å². The molecule has 0 unspecified atom stereocenters. The van der Waals surface area contributed by atoms with Crippen LogP contribution < -0.4 is 15.5 Å². The summed E-state index contributed by atoms with van der Waals surface area (Å²) in [5.41, 5.74) is 3.31. The largest absolute Gasteiger partial charge is 0.459 e.